The van der Waals surface area contributed by atoms with E-state index in [0.717, 1.165) is 16.3 Å². The number of hydrogen-bond donors (Lipinski definition) is 1. The van der Waals surface area contributed by atoms with Crippen LogP contribution in [0.25, 0.3) is 10.6 Å². The molecular formula is C11H12N2O2S. The van der Waals surface area contributed by atoms with Gasteiger partial charge in [-0.2, -0.15) is 5.10 Å². The fourth-order valence-corrected chi connectivity index (χ4v) is 2.31. The van der Waals surface area contributed by atoms with Crippen LogP contribution in [0.1, 0.15) is 12.1 Å². The zero-order chi connectivity index (χ0) is 11.5. The summed E-state index contributed by atoms with van der Waals surface area (Å²) in [6, 6.07) is 5.97. The number of rotatable bonds is 4. The molecule has 2 heterocycles. The summed E-state index contributed by atoms with van der Waals surface area (Å²) in [5.41, 5.74) is 1.86. The summed E-state index contributed by atoms with van der Waals surface area (Å²) < 4.78 is 1.79. The number of carboxylic acid groups (broad SMARTS) is 1. The second kappa shape index (κ2) is 4.49. The lowest BCUT2D eigenvalue weighted by Crippen LogP contribution is -1.99. The SMILES string of the molecule is Cn1nc(CCC(=O)O)cc1-c1cccs1. The van der Waals surface area contributed by atoms with Crippen LogP contribution in [0, 0.1) is 0 Å². The minimum Gasteiger partial charge on any atom is -0.481 e. The maximum Gasteiger partial charge on any atom is 0.303 e. The molecule has 5 heteroatoms. The molecule has 0 atom stereocenters. The van der Waals surface area contributed by atoms with Crippen LogP contribution in [-0.4, -0.2) is 20.9 Å². The molecule has 0 saturated carbocycles. The molecule has 0 aliphatic heterocycles. The van der Waals surface area contributed by atoms with Crippen molar-refractivity contribution < 1.29 is 9.90 Å². The van der Waals surface area contributed by atoms with Gasteiger partial charge in [0.1, 0.15) is 0 Å². The van der Waals surface area contributed by atoms with Gasteiger partial charge in [0, 0.05) is 13.5 Å². The number of nitrogens with zero attached hydrogens (tertiary/aromatic N) is 2. The lowest BCUT2D eigenvalue weighted by atomic mass is 10.2. The van der Waals surface area contributed by atoms with Gasteiger partial charge < -0.3 is 5.11 Å². The van der Waals surface area contributed by atoms with Gasteiger partial charge in [-0.05, 0) is 17.5 Å². The average Bonchev–Trinajstić information content (AvgIpc) is 2.83. The first-order chi connectivity index (χ1) is 7.66. The Morgan fingerprint density at radius 1 is 1.62 bits per heavy atom. The van der Waals surface area contributed by atoms with Crippen molar-refractivity contribution in [1.29, 1.82) is 0 Å². The molecule has 0 unspecified atom stereocenters. The van der Waals surface area contributed by atoms with Crippen molar-refractivity contribution in [2.24, 2.45) is 7.05 Å². The summed E-state index contributed by atoms with van der Waals surface area (Å²) in [6.07, 6.45) is 0.607. The van der Waals surface area contributed by atoms with Gasteiger partial charge in [-0.1, -0.05) is 6.07 Å². The molecule has 0 spiro atoms. The minimum absolute atomic E-state index is 0.126. The maximum absolute atomic E-state index is 10.5. The number of carbonyl (C=O) groups is 1. The van der Waals surface area contributed by atoms with Crippen LogP contribution in [0.4, 0.5) is 0 Å². The fraction of sp³-hybridized carbons (Fsp3) is 0.273. The highest BCUT2D eigenvalue weighted by atomic mass is 32.1. The molecule has 1 N–H and O–H groups in total. The number of aromatic nitrogens is 2. The molecule has 4 nitrogen and oxygen atoms in total. The van der Waals surface area contributed by atoms with Crippen LogP contribution in [0.15, 0.2) is 23.6 Å². The van der Waals surface area contributed by atoms with Crippen LogP contribution < -0.4 is 0 Å². The van der Waals surface area contributed by atoms with Crippen molar-refractivity contribution in [3.63, 3.8) is 0 Å². The Morgan fingerprint density at radius 2 is 2.44 bits per heavy atom. The summed E-state index contributed by atoms with van der Waals surface area (Å²) in [6.45, 7) is 0. The van der Waals surface area contributed by atoms with Crippen molar-refractivity contribution >= 4 is 17.3 Å². The van der Waals surface area contributed by atoms with Gasteiger partial charge in [0.05, 0.1) is 22.7 Å². The second-order valence-electron chi connectivity index (χ2n) is 3.52. The lowest BCUT2D eigenvalue weighted by Gasteiger charge is -1.95. The number of carboxylic acids is 1. The third kappa shape index (κ3) is 2.30. The van der Waals surface area contributed by atoms with Gasteiger partial charge in [0.25, 0.3) is 0 Å². The van der Waals surface area contributed by atoms with Crippen LogP contribution in [-0.2, 0) is 18.3 Å². The molecule has 0 amide bonds. The Kier molecular flexibility index (Phi) is 3.05. The smallest absolute Gasteiger partial charge is 0.303 e. The Morgan fingerprint density at radius 3 is 3.06 bits per heavy atom. The van der Waals surface area contributed by atoms with Crippen LogP contribution in [0.3, 0.4) is 0 Å². The molecular weight excluding hydrogens is 224 g/mol. The number of thiophene rings is 1. The Hall–Kier alpha value is -1.62. The molecule has 0 aliphatic carbocycles. The average molecular weight is 236 g/mol. The van der Waals surface area contributed by atoms with E-state index in [1.54, 1.807) is 16.0 Å². The van der Waals surface area contributed by atoms with E-state index in [1.165, 1.54) is 0 Å². The Labute approximate surface area is 97.2 Å². The van der Waals surface area contributed by atoms with Crippen LogP contribution in [0.5, 0.6) is 0 Å². The van der Waals surface area contributed by atoms with Gasteiger partial charge in [-0.15, -0.1) is 11.3 Å². The van der Waals surface area contributed by atoms with E-state index in [1.807, 2.05) is 30.6 Å². The Bertz CT molecular complexity index is 488. The summed E-state index contributed by atoms with van der Waals surface area (Å²) in [5, 5.41) is 14.9. The minimum atomic E-state index is -0.789. The molecule has 2 aromatic rings. The molecule has 2 aromatic heterocycles. The highest BCUT2D eigenvalue weighted by Gasteiger charge is 2.09. The third-order valence-electron chi connectivity index (χ3n) is 2.30. The number of aliphatic carboxylic acids is 1. The fourth-order valence-electron chi connectivity index (χ4n) is 1.54. The number of aryl methyl sites for hydroxylation is 2. The first kappa shape index (κ1) is 10.9. The predicted octanol–water partition coefficient (Wildman–Crippen LogP) is 2.17. The first-order valence-corrected chi connectivity index (χ1v) is 5.83. The zero-order valence-corrected chi connectivity index (χ0v) is 9.70. The zero-order valence-electron chi connectivity index (χ0n) is 8.88. The molecule has 0 saturated heterocycles. The van der Waals surface area contributed by atoms with Crippen molar-refractivity contribution in [3.8, 4) is 10.6 Å². The van der Waals surface area contributed by atoms with E-state index < -0.39 is 5.97 Å². The van der Waals surface area contributed by atoms with E-state index in [-0.39, 0.29) is 6.42 Å². The lowest BCUT2D eigenvalue weighted by molar-refractivity contribution is -0.136. The van der Waals surface area contributed by atoms with E-state index in [0.29, 0.717) is 6.42 Å². The molecule has 0 aliphatic rings. The van der Waals surface area contributed by atoms with Gasteiger partial charge in [0.2, 0.25) is 0 Å². The van der Waals surface area contributed by atoms with Gasteiger partial charge in [0.15, 0.2) is 0 Å². The van der Waals surface area contributed by atoms with Crippen molar-refractivity contribution in [1.82, 2.24) is 9.78 Å². The highest BCUT2D eigenvalue weighted by Crippen LogP contribution is 2.24. The maximum atomic E-state index is 10.5. The van der Waals surface area contributed by atoms with Crippen LogP contribution >= 0.6 is 11.3 Å². The molecule has 0 aromatic carbocycles. The van der Waals surface area contributed by atoms with Crippen molar-refractivity contribution in [2.45, 2.75) is 12.8 Å². The van der Waals surface area contributed by atoms with E-state index >= 15 is 0 Å². The largest absolute Gasteiger partial charge is 0.481 e. The monoisotopic (exact) mass is 236 g/mol. The summed E-state index contributed by atoms with van der Waals surface area (Å²) in [4.78, 5) is 11.6. The van der Waals surface area contributed by atoms with Crippen molar-refractivity contribution in [3.05, 3.63) is 29.3 Å². The molecule has 84 valence electrons. The second-order valence-corrected chi connectivity index (χ2v) is 4.46. The van der Waals surface area contributed by atoms with Crippen molar-refractivity contribution in [2.75, 3.05) is 0 Å². The molecule has 0 fully saturated rings. The van der Waals surface area contributed by atoms with Crippen LogP contribution in [0.2, 0.25) is 0 Å². The molecule has 0 bridgehead atoms. The first-order valence-electron chi connectivity index (χ1n) is 4.95. The summed E-state index contributed by atoms with van der Waals surface area (Å²) in [7, 11) is 1.87. The molecule has 0 radical (unpaired) electrons. The normalized spacial score (nSPS) is 10.6. The topological polar surface area (TPSA) is 55.1 Å². The summed E-state index contributed by atoms with van der Waals surface area (Å²) in [5.74, 6) is -0.789. The number of hydrogen-bond acceptors (Lipinski definition) is 3. The predicted molar refractivity (Wildman–Crippen MR) is 62.5 cm³/mol. The molecule has 2 rings (SSSR count). The standard InChI is InChI=1S/C11H12N2O2S/c1-13-9(10-3-2-6-16-10)7-8(12-13)4-5-11(14)15/h2-3,6-7H,4-5H2,1H3,(H,14,15). The summed E-state index contributed by atoms with van der Waals surface area (Å²) >= 11 is 1.65. The molecule has 16 heavy (non-hydrogen) atoms. The van der Waals surface area contributed by atoms with Gasteiger partial charge >= 0.3 is 5.97 Å². The third-order valence-corrected chi connectivity index (χ3v) is 3.19. The van der Waals surface area contributed by atoms with E-state index in [2.05, 4.69) is 5.10 Å². The quantitative estimate of drug-likeness (QED) is 0.885. The van der Waals surface area contributed by atoms with E-state index in [4.69, 9.17) is 5.11 Å². The van der Waals surface area contributed by atoms with Gasteiger partial charge in [-0.3, -0.25) is 9.48 Å². The highest BCUT2D eigenvalue weighted by molar-refractivity contribution is 7.13. The van der Waals surface area contributed by atoms with Gasteiger partial charge in [-0.25, -0.2) is 0 Å². The van der Waals surface area contributed by atoms with E-state index in [9.17, 15) is 4.79 Å². The Balaban J connectivity index is 2.19.